The highest BCUT2D eigenvalue weighted by molar-refractivity contribution is 5.42. The maximum absolute atomic E-state index is 11.6. The molecule has 2 heterocycles. The van der Waals surface area contributed by atoms with E-state index in [1.807, 2.05) is 20.8 Å². The summed E-state index contributed by atoms with van der Waals surface area (Å²) in [5, 5.41) is 0. The summed E-state index contributed by atoms with van der Waals surface area (Å²) in [5.74, 6) is 0.832. The van der Waals surface area contributed by atoms with Crippen LogP contribution in [-0.4, -0.2) is 19.9 Å². The number of H-pyrrole nitrogens is 1. The van der Waals surface area contributed by atoms with Gasteiger partial charge in [0.25, 0.3) is 5.56 Å². The Morgan fingerprint density at radius 1 is 1.18 bits per heavy atom. The standard InChI is InChI=1S/C12H14N4O/c1-12(2,3)8-7-9(17)16-11(15-8)10-13-5-4-6-14-10/h4-7H,1-3H3,(H,15,16,17). The van der Waals surface area contributed by atoms with Gasteiger partial charge in [-0.3, -0.25) is 4.79 Å². The molecule has 2 aromatic heterocycles. The van der Waals surface area contributed by atoms with Gasteiger partial charge in [-0.05, 0) is 6.07 Å². The Balaban J connectivity index is 2.58. The van der Waals surface area contributed by atoms with Crippen LogP contribution in [0.1, 0.15) is 26.5 Å². The van der Waals surface area contributed by atoms with Crippen molar-refractivity contribution in [3.8, 4) is 11.6 Å². The summed E-state index contributed by atoms with van der Waals surface area (Å²) < 4.78 is 0. The molecule has 2 rings (SSSR count). The fourth-order valence-corrected chi connectivity index (χ4v) is 1.37. The lowest BCUT2D eigenvalue weighted by Crippen LogP contribution is -2.20. The van der Waals surface area contributed by atoms with E-state index in [2.05, 4.69) is 19.9 Å². The van der Waals surface area contributed by atoms with Crippen LogP contribution in [0.4, 0.5) is 0 Å². The number of hydrogen-bond acceptors (Lipinski definition) is 4. The monoisotopic (exact) mass is 230 g/mol. The van der Waals surface area contributed by atoms with Crippen molar-refractivity contribution < 1.29 is 0 Å². The van der Waals surface area contributed by atoms with Gasteiger partial charge in [0.1, 0.15) is 0 Å². The first-order chi connectivity index (χ1) is 7.97. The first-order valence-corrected chi connectivity index (χ1v) is 5.36. The fourth-order valence-electron chi connectivity index (χ4n) is 1.37. The van der Waals surface area contributed by atoms with Gasteiger partial charge in [-0.2, -0.15) is 0 Å². The normalized spacial score (nSPS) is 11.5. The number of aromatic nitrogens is 4. The number of nitrogens with one attached hydrogen (secondary N) is 1. The smallest absolute Gasteiger partial charge is 0.251 e. The molecule has 0 unspecified atom stereocenters. The molecule has 0 aromatic carbocycles. The van der Waals surface area contributed by atoms with Crippen LogP contribution in [0.3, 0.4) is 0 Å². The van der Waals surface area contributed by atoms with E-state index >= 15 is 0 Å². The number of aromatic amines is 1. The third-order valence-corrected chi connectivity index (χ3v) is 2.29. The topological polar surface area (TPSA) is 71.5 Å². The minimum Gasteiger partial charge on any atom is -0.304 e. The Morgan fingerprint density at radius 2 is 1.82 bits per heavy atom. The molecule has 0 bridgehead atoms. The summed E-state index contributed by atoms with van der Waals surface area (Å²) >= 11 is 0. The van der Waals surface area contributed by atoms with Gasteiger partial charge in [0, 0.05) is 23.9 Å². The van der Waals surface area contributed by atoms with Crippen LogP contribution in [0.25, 0.3) is 11.6 Å². The van der Waals surface area contributed by atoms with Crippen LogP contribution in [0, 0.1) is 0 Å². The van der Waals surface area contributed by atoms with Gasteiger partial charge in [-0.1, -0.05) is 20.8 Å². The first-order valence-electron chi connectivity index (χ1n) is 5.36. The lowest BCUT2D eigenvalue weighted by atomic mass is 9.92. The Kier molecular flexibility index (Phi) is 2.75. The lowest BCUT2D eigenvalue weighted by Gasteiger charge is -2.17. The van der Waals surface area contributed by atoms with Gasteiger partial charge in [0.2, 0.25) is 0 Å². The van der Waals surface area contributed by atoms with Gasteiger partial charge in [-0.25, -0.2) is 15.0 Å². The molecular weight excluding hydrogens is 216 g/mol. The van der Waals surface area contributed by atoms with Crippen molar-refractivity contribution in [2.45, 2.75) is 26.2 Å². The van der Waals surface area contributed by atoms with Crippen LogP contribution in [-0.2, 0) is 5.41 Å². The molecule has 17 heavy (non-hydrogen) atoms. The zero-order valence-electron chi connectivity index (χ0n) is 10.1. The predicted molar refractivity (Wildman–Crippen MR) is 64.6 cm³/mol. The van der Waals surface area contributed by atoms with Gasteiger partial charge < -0.3 is 4.98 Å². The molecule has 2 aromatic rings. The second-order valence-electron chi connectivity index (χ2n) is 4.80. The van der Waals surface area contributed by atoms with E-state index in [9.17, 15) is 4.79 Å². The second kappa shape index (κ2) is 4.08. The van der Waals surface area contributed by atoms with Crippen molar-refractivity contribution in [1.29, 1.82) is 0 Å². The molecule has 0 atom stereocenters. The van der Waals surface area contributed by atoms with Crippen LogP contribution in [0.5, 0.6) is 0 Å². The highest BCUT2D eigenvalue weighted by Gasteiger charge is 2.18. The Morgan fingerprint density at radius 3 is 2.41 bits per heavy atom. The summed E-state index contributed by atoms with van der Waals surface area (Å²) in [4.78, 5) is 26.8. The van der Waals surface area contributed by atoms with Crippen LogP contribution >= 0.6 is 0 Å². The quantitative estimate of drug-likeness (QED) is 0.806. The molecule has 0 aliphatic rings. The SMILES string of the molecule is CC(C)(C)c1cc(=O)[nH]c(-c2ncccn2)n1. The minimum absolute atomic E-state index is 0.183. The maximum Gasteiger partial charge on any atom is 0.251 e. The highest BCUT2D eigenvalue weighted by Crippen LogP contribution is 2.19. The number of rotatable bonds is 1. The molecule has 0 fully saturated rings. The van der Waals surface area contributed by atoms with E-state index < -0.39 is 0 Å². The van der Waals surface area contributed by atoms with Gasteiger partial charge in [0.15, 0.2) is 11.6 Å². The van der Waals surface area contributed by atoms with Crippen molar-refractivity contribution in [3.63, 3.8) is 0 Å². The Labute approximate surface area is 99.0 Å². The highest BCUT2D eigenvalue weighted by atomic mass is 16.1. The third kappa shape index (κ3) is 2.55. The summed E-state index contributed by atoms with van der Waals surface area (Å²) in [7, 11) is 0. The molecule has 0 radical (unpaired) electrons. The summed E-state index contributed by atoms with van der Waals surface area (Å²) in [6, 6.07) is 3.22. The Bertz CT molecular complexity index is 569. The zero-order valence-corrected chi connectivity index (χ0v) is 10.1. The van der Waals surface area contributed by atoms with Crippen LogP contribution < -0.4 is 5.56 Å². The largest absolute Gasteiger partial charge is 0.304 e. The fraction of sp³-hybridized carbons (Fsp3) is 0.333. The van der Waals surface area contributed by atoms with Gasteiger partial charge in [0.05, 0.1) is 5.69 Å². The van der Waals surface area contributed by atoms with Crippen molar-refractivity contribution >= 4 is 0 Å². The van der Waals surface area contributed by atoms with Gasteiger partial charge >= 0.3 is 0 Å². The first kappa shape index (κ1) is 11.4. The maximum atomic E-state index is 11.6. The van der Waals surface area contributed by atoms with Crippen LogP contribution in [0.15, 0.2) is 29.3 Å². The van der Waals surface area contributed by atoms with E-state index in [0.717, 1.165) is 5.69 Å². The number of nitrogens with zero attached hydrogens (tertiary/aromatic N) is 3. The van der Waals surface area contributed by atoms with Gasteiger partial charge in [-0.15, -0.1) is 0 Å². The summed E-state index contributed by atoms with van der Waals surface area (Å²) in [6.07, 6.45) is 3.23. The number of hydrogen-bond donors (Lipinski definition) is 1. The van der Waals surface area contributed by atoms with Crippen molar-refractivity contribution in [2.75, 3.05) is 0 Å². The molecule has 5 heteroatoms. The molecule has 1 N–H and O–H groups in total. The van der Waals surface area contributed by atoms with Crippen molar-refractivity contribution in [2.24, 2.45) is 0 Å². The molecule has 0 saturated heterocycles. The molecule has 0 aliphatic heterocycles. The van der Waals surface area contributed by atoms with Crippen LogP contribution in [0.2, 0.25) is 0 Å². The molecule has 88 valence electrons. The van der Waals surface area contributed by atoms with E-state index in [-0.39, 0.29) is 11.0 Å². The molecule has 0 amide bonds. The lowest BCUT2D eigenvalue weighted by molar-refractivity contribution is 0.566. The Hall–Kier alpha value is -2.04. The van der Waals surface area contributed by atoms with E-state index in [0.29, 0.717) is 11.6 Å². The van der Waals surface area contributed by atoms with E-state index in [4.69, 9.17) is 0 Å². The molecular formula is C12H14N4O. The van der Waals surface area contributed by atoms with Crippen molar-refractivity contribution in [1.82, 2.24) is 19.9 Å². The molecule has 0 spiro atoms. The molecule has 0 saturated carbocycles. The third-order valence-electron chi connectivity index (χ3n) is 2.29. The van der Waals surface area contributed by atoms with E-state index in [1.54, 1.807) is 18.5 Å². The molecule has 0 aliphatic carbocycles. The average molecular weight is 230 g/mol. The second-order valence-corrected chi connectivity index (χ2v) is 4.80. The zero-order chi connectivity index (χ0) is 12.5. The van der Waals surface area contributed by atoms with E-state index in [1.165, 1.54) is 6.07 Å². The van der Waals surface area contributed by atoms with Crippen molar-refractivity contribution in [3.05, 3.63) is 40.6 Å². The predicted octanol–water partition coefficient (Wildman–Crippen LogP) is 1.52. The molecule has 5 nitrogen and oxygen atoms in total. The average Bonchev–Trinajstić information content (AvgIpc) is 2.28. The summed E-state index contributed by atoms with van der Waals surface area (Å²) in [6.45, 7) is 6.01. The minimum atomic E-state index is -0.188. The summed E-state index contributed by atoms with van der Waals surface area (Å²) in [5.41, 5.74) is 0.355.